The third kappa shape index (κ3) is 3.29. The minimum absolute atomic E-state index is 0.0101. The molecular formula is C14H17N3O3S2. The van der Waals surface area contributed by atoms with Crippen molar-refractivity contribution in [2.75, 3.05) is 13.1 Å². The molecule has 0 saturated carbocycles. The summed E-state index contributed by atoms with van der Waals surface area (Å²) in [7, 11) is -3.35. The van der Waals surface area contributed by atoms with Gasteiger partial charge in [0, 0.05) is 25.4 Å². The second-order valence-electron chi connectivity index (χ2n) is 5.10. The van der Waals surface area contributed by atoms with Gasteiger partial charge in [0.15, 0.2) is 0 Å². The Labute approximate surface area is 133 Å². The van der Waals surface area contributed by atoms with Crippen LogP contribution in [0.5, 0.6) is 5.88 Å². The molecule has 0 N–H and O–H groups in total. The van der Waals surface area contributed by atoms with Crippen LogP contribution in [-0.2, 0) is 10.0 Å². The Morgan fingerprint density at radius 2 is 2.09 bits per heavy atom. The number of sulfonamides is 1. The van der Waals surface area contributed by atoms with Crippen molar-refractivity contribution >= 4 is 21.4 Å². The number of nitrogens with zero attached hydrogens (tertiary/aromatic N) is 3. The summed E-state index contributed by atoms with van der Waals surface area (Å²) in [5, 5.41) is 1.78. The third-order valence-electron chi connectivity index (χ3n) is 3.53. The van der Waals surface area contributed by atoms with E-state index in [1.54, 1.807) is 29.8 Å². The Kier molecular flexibility index (Phi) is 4.42. The quantitative estimate of drug-likeness (QED) is 0.853. The van der Waals surface area contributed by atoms with Crippen LogP contribution in [0.1, 0.15) is 18.7 Å². The maximum atomic E-state index is 12.4. The fourth-order valence-corrected chi connectivity index (χ4v) is 5.01. The molecule has 1 aliphatic heterocycles. The molecule has 0 bridgehead atoms. The zero-order chi connectivity index (χ0) is 15.6. The second kappa shape index (κ2) is 6.31. The van der Waals surface area contributed by atoms with E-state index in [-0.39, 0.29) is 6.10 Å². The Morgan fingerprint density at radius 3 is 2.73 bits per heavy atom. The van der Waals surface area contributed by atoms with Gasteiger partial charge >= 0.3 is 0 Å². The summed E-state index contributed by atoms with van der Waals surface area (Å²) in [6.07, 6.45) is 2.97. The Hall–Kier alpha value is -1.51. The molecular weight excluding hydrogens is 322 g/mol. The van der Waals surface area contributed by atoms with Gasteiger partial charge in [-0.25, -0.2) is 13.4 Å². The van der Waals surface area contributed by atoms with Crippen LogP contribution in [0, 0.1) is 6.92 Å². The van der Waals surface area contributed by atoms with Crippen molar-refractivity contribution in [3.8, 4) is 5.88 Å². The van der Waals surface area contributed by atoms with Gasteiger partial charge in [0.05, 0.1) is 0 Å². The van der Waals surface area contributed by atoms with E-state index in [4.69, 9.17) is 4.74 Å². The first-order valence-electron chi connectivity index (χ1n) is 7.06. The number of piperidine rings is 1. The fourth-order valence-electron chi connectivity index (χ4n) is 2.40. The first-order valence-corrected chi connectivity index (χ1v) is 9.37. The summed E-state index contributed by atoms with van der Waals surface area (Å²) in [6.45, 7) is 2.74. The number of hydrogen-bond acceptors (Lipinski definition) is 6. The second-order valence-corrected chi connectivity index (χ2v) is 8.21. The molecule has 6 nitrogen and oxygen atoms in total. The zero-order valence-corrected chi connectivity index (χ0v) is 13.8. The summed E-state index contributed by atoms with van der Waals surface area (Å²) in [5.74, 6) is 1.21. The lowest BCUT2D eigenvalue weighted by molar-refractivity contribution is 0.129. The highest BCUT2D eigenvalue weighted by Crippen LogP contribution is 2.25. The van der Waals surface area contributed by atoms with Crippen molar-refractivity contribution in [2.24, 2.45) is 0 Å². The molecule has 3 rings (SSSR count). The van der Waals surface area contributed by atoms with E-state index in [9.17, 15) is 8.42 Å². The normalized spacial score (nSPS) is 17.5. The predicted octanol–water partition coefficient (Wildman–Crippen LogP) is 2.08. The van der Waals surface area contributed by atoms with Gasteiger partial charge in [-0.3, -0.25) is 0 Å². The van der Waals surface area contributed by atoms with Crippen LogP contribution in [0.3, 0.4) is 0 Å². The van der Waals surface area contributed by atoms with Crippen LogP contribution in [0.4, 0.5) is 0 Å². The van der Waals surface area contributed by atoms with Gasteiger partial charge in [0.1, 0.15) is 16.1 Å². The number of aryl methyl sites for hydroxylation is 1. The van der Waals surface area contributed by atoms with E-state index in [0.29, 0.717) is 41.8 Å². The highest BCUT2D eigenvalue weighted by molar-refractivity contribution is 7.91. The molecule has 118 valence electrons. The van der Waals surface area contributed by atoms with Crippen LogP contribution in [0.15, 0.2) is 34.0 Å². The van der Waals surface area contributed by atoms with E-state index >= 15 is 0 Å². The predicted molar refractivity (Wildman–Crippen MR) is 83.5 cm³/mol. The van der Waals surface area contributed by atoms with E-state index in [1.165, 1.54) is 15.6 Å². The SMILES string of the molecule is Cc1nccc(OC2CCN(S(=O)(=O)c3cccs3)CC2)n1. The van der Waals surface area contributed by atoms with Crippen molar-refractivity contribution in [2.45, 2.75) is 30.1 Å². The average Bonchev–Trinajstić information content (AvgIpc) is 3.03. The van der Waals surface area contributed by atoms with Crippen molar-refractivity contribution in [1.82, 2.24) is 14.3 Å². The van der Waals surface area contributed by atoms with Crippen molar-refractivity contribution in [3.63, 3.8) is 0 Å². The smallest absolute Gasteiger partial charge is 0.252 e. The molecule has 0 radical (unpaired) electrons. The molecule has 0 spiro atoms. The van der Waals surface area contributed by atoms with Gasteiger partial charge in [-0.2, -0.15) is 9.29 Å². The minimum atomic E-state index is -3.35. The molecule has 0 aliphatic carbocycles. The van der Waals surface area contributed by atoms with E-state index < -0.39 is 10.0 Å². The highest BCUT2D eigenvalue weighted by atomic mass is 32.2. The number of ether oxygens (including phenoxy) is 1. The summed E-state index contributed by atoms with van der Waals surface area (Å²) in [6, 6.07) is 5.12. The molecule has 2 aromatic rings. The molecule has 8 heteroatoms. The Balaban J connectivity index is 1.61. The lowest BCUT2D eigenvalue weighted by atomic mass is 10.1. The van der Waals surface area contributed by atoms with Gasteiger partial charge in [-0.05, 0) is 31.2 Å². The molecule has 22 heavy (non-hydrogen) atoms. The Bertz CT molecular complexity index is 724. The molecule has 0 atom stereocenters. The van der Waals surface area contributed by atoms with Crippen molar-refractivity contribution in [3.05, 3.63) is 35.6 Å². The minimum Gasteiger partial charge on any atom is -0.474 e. The van der Waals surface area contributed by atoms with Crippen LogP contribution in [0.25, 0.3) is 0 Å². The summed E-state index contributed by atoms with van der Waals surface area (Å²) in [4.78, 5) is 8.24. The van der Waals surface area contributed by atoms with E-state index in [2.05, 4.69) is 9.97 Å². The van der Waals surface area contributed by atoms with Crippen LogP contribution in [0.2, 0.25) is 0 Å². The number of aromatic nitrogens is 2. The van der Waals surface area contributed by atoms with Crippen LogP contribution in [-0.4, -0.2) is 41.9 Å². The molecule has 3 heterocycles. The maximum absolute atomic E-state index is 12.4. The fraction of sp³-hybridized carbons (Fsp3) is 0.429. The molecule has 0 aromatic carbocycles. The number of thiophene rings is 1. The van der Waals surface area contributed by atoms with Crippen LogP contribution >= 0.6 is 11.3 Å². The standard InChI is InChI=1S/C14H17N3O3S2/c1-11-15-7-4-13(16-11)20-12-5-8-17(9-6-12)22(18,19)14-3-2-10-21-14/h2-4,7,10,12H,5-6,8-9H2,1H3. The summed E-state index contributed by atoms with van der Waals surface area (Å²) >= 11 is 1.25. The van der Waals surface area contributed by atoms with Crippen molar-refractivity contribution < 1.29 is 13.2 Å². The molecule has 1 saturated heterocycles. The average molecular weight is 339 g/mol. The third-order valence-corrected chi connectivity index (χ3v) is 6.80. The van der Waals surface area contributed by atoms with Gasteiger partial charge in [-0.1, -0.05) is 6.07 Å². The maximum Gasteiger partial charge on any atom is 0.252 e. The van der Waals surface area contributed by atoms with Gasteiger partial charge in [-0.15, -0.1) is 11.3 Å². The monoisotopic (exact) mass is 339 g/mol. The largest absolute Gasteiger partial charge is 0.474 e. The first-order chi connectivity index (χ1) is 10.6. The Morgan fingerprint density at radius 1 is 1.32 bits per heavy atom. The number of rotatable bonds is 4. The van der Waals surface area contributed by atoms with Crippen molar-refractivity contribution in [1.29, 1.82) is 0 Å². The molecule has 0 amide bonds. The molecule has 1 aliphatic rings. The topological polar surface area (TPSA) is 72.4 Å². The lowest BCUT2D eigenvalue weighted by Crippen LogP contribution is -2.41. The summed E-state index contributed by atoms with van der Waals surface area (Å²) in [5.41, 5.74) is 0. The van der Waals surface area contributed by atoms with E-state index in [1.807, 2.05) is 6.92 Å². The summed E-state index contributed by atoms with van der Waals surface area (Å²) < 4.78 is 32.6. The highest BCUT2D eigenvalue weighted by Gasteiger charge is 2.30. The van der Waals surface area contributed by atoms with Gasteiger partial charge < -0.3 is 4.74 Å². The van der Waals surface area contributed by atoms with Crippen LogP contribution < -0.4 is 4.74 Å². The molecule has 1 fully saturated rings. The van der Waals surface area contributed by atoms with Gasteiger partial charge in [0.2, 0.25) is 5.88 Å². The zero-order valence-electron chi connectivity index (χ0n) is 12.2. The first kappa shape index (κ1) is 15.4. The molecule has 2 aromatic heterocycles. The van der Waals surface area contributed by atoms with Gasteiger partial charge in [0.25, 0.3) is 10.0 Å². The number of hydrogen-bond donors (Lipinski definition) is 0. The van der Waals surface area contributed by atoms with E-state index in [0.717, 1.165) is 0 Å². The lowest BCUT2D eigenvalue weighted by Gasteiger charge is -2.30. The molecule has 0 unspecified atom stereocenters.